The summed E-state index contributed by atoms with van der Waals surface area (Å²) in [7, 11) is 0. The maximum absolute atomic E-state index is 14.1. The molecule has 18 heavy (non-hydrogen) atoms. The maximum Gasteiger partial charge on any atom is 0.335 e. The monoisotopic (exact) mass is 251 g/mol. The molecule has 0 spiro atoms. The minimum Gasteiger partial charge on any atom is -0.478 e. The second kappa shape index (κ2) is 4.69. The first-order valence-electron chi connectivity index (χ1n) is 6.24. The van der Waals surface area contributed by atoms with Crippen molar-refractivity contribution in [2.45, 2.75) is 38.0 Å². The summed E-state index contributed by atoms with van der Waals surface area (Å²) < 4.78 is 14.1. The summed E-state index contributed by atoms with van der Waals surface area (Å²) >= 11 is 0. The minimum atomic E-state index is -1.01. The second-order valence-electron chi connectivity index (χ2n) is 5.14. The number of carbonyl (C=O) groups is 1. The van der Waals surface area contributed by atoms with Crippen LogP contribution in [0, 0.1) is 12.7 Å². The number of hydrogen-bond donors (Lipinski definition) is 2. The number of halogens is 1. The van der Waals surface area contributed by atoms with Crippen LogP contribution in [-0.2, 0) is 5.41 Å². The van der Waals surface area contributed by atoms with E-state index >= 15 is 0 Å². The Balaban J connectivity index is 2.56. The number of carboxylic acids is 1. The molecule has 98 valence electrons. The summed E-state index contributed by atoms with van der Waals surface area (Å²) in [5.41, 5.74) is 6.55. The summed E-state index contributed by atoms with van der Waals surface area (Å²) in [6.45, 7) is 1.98. The molecule has 3 nitrogen and oxygen atoms in total. The van der Waals surface area contributed by atoms with Gasteiger partial charge in [-0.05, 0) is 43.0 Å². The highest BCUT2D eigenvalue weighted by molar-refractivity contribution is 5.89. The molecule has 1 fully saturated rings. The lowest BCUT2D eigenvalue weighted by atomic mass is 9.77. The number of benzene rings is 1. The van der Waals surface area contributed by atoms with Crippen molar-refractivity contribution in [2.75, 3.05) is 6.54 Å². The number of aromatic carboxylic acids is 1. The summed E-state index contributed by atoms with van der Waals surface area (Å²) in [6, 6.07) is 2.79. The summed E-state index contributed by atoms with van der Waals surface area (Å²) in [5.74, 6) is -1.34. The molecule has 0 unspecified atom stereocenters. The van der Waals surface area contributed by atoms with Crippen LogP contribution in [-0.4, -0.2) is 17.6 Å². The van der Waals surface area contributed by atoms with Crippen LogP contribution in [0.4, 0.5) is 4.39 Å². The Hall–Kier alpha value is -1.42. The van der Waals surface area contributed by atoms with E-state index in [0.717, 1.165) is 25.7 Å². The highest BCUT2D eigenvalue weighted by atomic mass is 19.1. The Labute approximate surface area is 106 Å². The fraction of sp³-hybridized carbons (Fsp3) is 0.500. The summed E-state index contributed by atoms with van der Waals surface area (Å²) in [5, 5.41) is 9.13. The molecule has 0 atom stereocenters. The van der Waals surface area contributed by atoms with Crippen LogP contribution in [0.2, 0.25) is 0 Å². The van der Waals surface area contributed by atoms with E-state index in [-0.39, 0.29) is 16.8 Å². The van der Waals surface area contributed by atoms with E-state index in [1.54, 1.807) is 6.92 Å². The lowest BCUT2D eigenvalue weighted by Gasteiger charge is -2.29. The average molecular weight is 251 g/mol. The zero-order valence-corrected chi connectivity index (χ0v) is 10.5. The molecule has 0 aliphatic heterocycles. The van der Waals surface area contributed by atoms with Crippen LogP contribution in [0.25, 0.3) is 0 Å². The Kier molecular flexibility index (Phi) is 3.39. The molecule has 1 aromatic rings. The van der Waals surface area contributed by atoms with E-state index in [9.17, 15) is 9.18 Å². The third-order valence-electron chi connectivity index (χ3n) is 4.07. The fourth-order valence-corrected chi connectivity index (χ4v) is 2.94. The van der Waals surface area contributed by atoms with Gasteiger partial charge in [-0.1, -0.05) is 12.8 Å². The lowest BCUT2D eigenvalue weighted by Crippen LogP contribution is -2.33. The van der Waals surface area contributed by atoms with Crippen molar-refractivity contribution in [3.8, 4) is 0 Å². The van der Waals surface area contributed by atoms with Gasteiger partial charge in [-0.15, -0.1) is 0 Å². The van der Waals surface area contributed by atoms with Crippen LogP contribution in [0.15, 0.2) is 12.1 Å². The quantitative estimate of drug-likeness (QED) is 0.868. The summed E-state index contributed by atoms with van der Waals surface area (Å²) in [6.07, 6.45) is 3.71. The molecule has 3 N–H and O–H groups in total. The predicted octanol–water partition coefficient (Wildman–Crippen LogP) is 2.60. The van der Waals surface area contributed by atoms with E-state index in [2.05, 4.69) is 0 Å². The van der Waals surface area contributed by atoms with Crippen LogP contribution in [0.3, 0.4) is 0 Å². The highest BCUT2D eigenvalue weighted by Crippen LogP contribution is 2.41. The first-order valence-corrected chi connectivity index (χ1v) is 6.24. The lowest BCUT2D eigenvalue weighted by molar-refractivity contribution is 0.0696. The molecule has 2 rings (SSSR count). The molecule has 1 saturated carbocycles. The molecule has 0 bridgehead atoms. The van der Waals surface area contributed by atoms with E-state index in [1.165, 1.54) is 12.1 Å². The Bertz CT molecular complexity index is 479. The first kappa shape index (κ1) is 13.0. The van der Waals surface area contributed by atoms with Gasteiger partial charge in [0, 0.05) is 12.0 Å². The molecule has 0 heterocycles. The minimum absolute atomic E-state index is 0.172. The Morgan fingerprint density at radius 1 is 1.44 bits per heavy atom. The van der Waals surface area contributed by atoms with Gasteiger partial charge in [0.1, 0.15) is 5.82 Å². The first-order chi connectivity index (χ1) is 8.50. The SMILES string of the molecule is Cc1cc(F)c(C2(CN)CCCC2)cc1C(=O)O. The third-order valence-corrected chi connectivity index (χ3v) is 4.07. The van der Waals surface area contributed by atoms with Crippen molar-refractivity contribution < 1.29 is 14.3 Å². The Morgan fingerprint density at radius 2 is 2.06 bits per heavy atom. The van der Waals surface area contributed by atoms with E-state index < -0.39 is 5.97 Å². The molecule has 1 aliphatic carbocycles. The average Bonchev–Trinajstić information content (AvgIpc) is 2.78. The van der Waals surface area contributed by atoms with Crippen LogP contribution >= 0.6 is 0 Å². The van der Waals surface area contributed by atoms with Gasteiger partial charge < -0.3 is 10.8 Å². The van der Waals surface area contributed by atoms with Crippen molar-refractivity contribution in [1.29, 1.82) is 0 Å². The van der Waals surface area contributed by atoms with Gasteiger partial charge in [0.25, 0.3) is 0 Å². The number of aryl methyl sites for hydroxylation is 1. The smallest absolute Gasteiger partial charge is 0.335 e. The van der Waals surface area contributed by atoms with E-state index in [0.29, 0.717) is 17.7 Å². The zero-order valence-electron chi connectivity index (χ0n) is 10.5. The third kappa shape index (κ3) is 2.01. The topological polar surface area (TPSA) is 63.3 Å². The van der Waals surface area contributed by atoms with E-state index in [1.807, 2.05) is 0 Å². The summed E-state index contributed by atoms with van der Waals surface area (Å²) in [4.78, 5) is 11.1. The fourth-order valence-electron chi connectivity index (χ4n) is 2.94. The second-order valence-corrected chi connectivity index (χ2v) is 5.14. The zero-order chi connectivity index (χ0) is 13.3. The molecular weight excluding hydrogens is 233 g/mol. The van der Waals surface area contributed by atoms with Crippen molar-refractivity contribution in [2.24, 2.45) is 5.73 Å². The molecule has 0 radical (unpaired) electrons. The predicted molar refractivity (Wildman–Crippen MR) is 67.3 cm³/mol. The standard InChI is InChI=1S/C14H18FNO2/c1-9-6-12(15)11(7-10(9)13(17)18)14(8-16)4-2-3-5-14/h6-7H,2-5,8,16H2,1H3,(H,17,18). The molecule has 0 amide bonds. The number of nitrogens with two attached hydrogens (primary N) is 1. The van der Waals surface area contributed by atoms with Crippen LogP contribution in [0.1, 0.15) is 47.2 Å². The molecule has 0 aromatic heterocycles. The largest absolute Gasteiger partial charge is 0.478 e. The van der Waals surface area contributed by atoms with Crippen molar-refractivity contribution >= 4 is 5.97 Å². The Morgan fingerprint density at radius 3 is 2.56 bits per heavy atom. The number of rotatable bonds is 3. The van der Waals surface area contributed by atoms with Gasteiger partial charge >= 0.3 is 5.97 Å². The van der Waals surface area contributed by atoms with Crippen molar-refractivity contribution in [1.82, 2.24) is 0 Å². The van der Waals surface area contributed by atoms with Gasteiger partial charge in [-0.25, -0.2) is 9.18 Å². The van der Waals surface area contributed by atoms with Gasteiger partial charge in [0.05, 0.1) is 5.56 Å². The van der Waals surface area contributed by atoms with Crippen molar-refractivity contribution in [3.63, 3.8) is 0 Å². The molecule has 1 aromatic carbocycles. The molecule has 4 heteroatoms. The van der Waals surface area contributed by atoms with Gasteiger partial charge in [0.2, 0.25) is 0 Å². The highest BCUT2D eigenvalue weighted by Gasteiger charge is 2.37. The van der Waals surface area contributed by atoms with E-state index in [4.69, 9.17) is 10.8 Å². The van der Waals surface area contributed by atoms with Crippen molar-refractivity contribution in [3.05, 3.63) is 34.6 Å². The molecule has 0 saturated heterocycles. The molecule has 1 aliphatic rings. The maximum atomic E-state index is 14.1. The van der Waals surface area contributed by atoms with Crippen LogP contribution in [0.5, 0.6) is 0 Å². The normalized spacial score (nSPS) is 17.9. The van der Waals surface area contributed by atoms with Crippen LogP contribution < -0.4 is 5.73 Å². The number of hydrogen-bond acceptors (Lipinski definition) is 2. The van der Waals surface area contributed by atoms with Gasteiger partial charge in [-0.2, -0.15) is 0 Å². The van der Waals surface area contributed by atoms with Gasteiger partial charge in [0.15, 0.2) is 0 Å². The van der Waals surface area contributed by atoms with Gasteiger partial charge in [-0.3, -0.25) is 0 Å². The molecular formula is C14H18FNO2. The number of carboxylic acid groups (broad SMARTS) is 1.